The van der Waals surface area contributed by atoms with Gasteiger partial charge in [-0.25, -0.2) is 0 Å². The van der Waals surface area contributed by atoms with E-state index >= 15 is 0 Å². The van der Waals surface area contributed by atoms with Crippen LogP contribution in [0.5, 0.6) is 11.5 Å². The average Bonchev–Trinajstić information content (AvgIpc) is 2.76. The number of imide groups is 1. The lowest BCUT2D eigenvalue weighted by atomic mass is 10.2. The van der Waals surface area contributed by atoms with Crippen molar-refractivity contribution >= 4 is 51.6 Å². The Morgan fingerprint density at radius 1 is 1.27 bits per heavy atom. The van der Waals surface area contributed by atoms with Crippen molar-refractivity contribution < 1.29 is 19.1 Å². The standard InChI is InChI=1S/C15H16INO4S/c1-3-5-21-13-10(16)6-9(7-11(13)20-4-2)8-12-14(18)17-15(19)22-12/h6-8H,3-5H2,1-2H3,(H,17,18,19)/b12-8-. The van der Waals surface area contributed by atoms with Gasteiger partial charge in [0.05, 0.1) is 21.7 Å². The fourth-order valence-electron chi connectivity index (χ4n) is 1.85. The van der Waals surface area contributed by atoms with Crippen molar-refractivity contribution in [3.63, 3.8) is 0 Å². The summed E-state index contributed by atoms with van der Waals surface area (Å²) in [6.45, 7) is 5.08. The van der Waals surface area contributed by atoms with E-state index in [1.54, 1.807) is 6.08 Å². The highest BCUT2D eigenvalue weighted by Crippen LogP contribution is 2.36. The van der Waals surface area contributed by atoms with Crippen molar-refractivity contribution in [1.82, 2.24) is 5.32 Å². The van der Waals surface area contributed by atoms with Crippen LogP contribution in [0.3, 0.4) is 0 Å². The molecule has 1 aromatic rings. The molecule has 118 valence electrons. The number of ether oxygens (including phenoxy) is 2. The number of rotatable bonds is 6. The predicted octanol–water partition coefficient (Wildman–Crippen LogP) is 3.80. The molecule has 1 N–H and O–H groups in total. The van der Waals surface area contributed by atoms with Gasteiger partial charge in [-0.3, -0.25) is 14.9 Å². The molecule has 2 rings (SSSR count). The molecule has 5 nitrogen and oxygen atoms in total. The van der Waals surface area contributed by atoms with Gasteiger partial charge in [0, 0.05) is 0 Å². The van der Waals surface area contributed by atoms with Crippen molar-refractivity contribution in [2.45, 2.75) is 20.3 Å². The number of hydrogen-bond acceptors (Lipinski definition) is 5. The Labute approximate surface area is 147 Å². The smallest absolute Gasteiger partial charge is 0.290 e. The summed E-state index contributed by atoms with van der Waals surface area (Å²) in [5.74, 6) is 0.991. The highest BCUT2D eigenvalue weighted by molar-refractivity contribution is 14.1. The lowest BCUT2D eigenvalue weighted by Crippen LogP contribution is -2.17. The second kappa shape index (κ2) is 7.87. The van der Waals surface area contributed by atoms with Gasteiger partial charge >= 0.3 is 0 Å². The monoisotopic (exact) mass is 433 g/mol. The maximum absolute atomic E-state index is 11.6. The van der Waals surface area contributed by atoms with Crippen molar-refractivity contribution in [2.75, 3.05) is 13.2 Å². The summed E-state index contributed by atoms with van der Waals surface area (Å²) in [6.07, 6.45) is 2.59. The van der Waals surface area contributed by atoms with E-state index in [2.05, 4.69) is 27.9 Å². The van der Waals surface area contributed by atoms with Gasteiger partial charge in [0.1, 0.15) is 0 Å². The molecule has 0 radical (unpaired) electrons. The van der Waals surface area contributed by atoms with Crippen molar-refractivity contribution in [1.29, 1.82) is 0 Å². The molecular weight excluding hydrogens is 417 g/mol. The minimum absolute atomic E-state index is 0.348. The van der Waals surface area contributed by atoms with E-state index in [1.165, 1.54) is 0 Å². The number of amides is 2. The SMILES string of the molecule is CCCOc1c(I)cc(/C=C2\SC(=O)NC2=O)cc1OCC. The van der Waals surface area contributed by atoms with Gasteiger partial charge in [-0.15, -0.1) is 0 Å². The molecule has 2 amide bonds. The molecule has 0 atom stereocenters. The van der Waals surface area contributed by atoms with Crippen molar-refractivity contribution in [3.8, 4) is 11.5 Å². The van der Waals surface area contributed by atoms with Crippen LogP contribution in [0.1, 0.15) is 25.8 Å². The van der Waals surface area contributed by atoms with E-state index in [1.807, 2.05) is 26.0 Å². The first-order chi connectivity index (χ1) is 10.5. The van der Waals surface area contributed by atoms with Gasteiger partial charge in [0.2, 0.25) is 0 Å². The molecule has 1 aliphatic heterocycles. The Morgan fingerprint density at radius 2 is 2.05 bits per heavy atom. The lowest BCUT2D eigenvalue weighted by molar-refractivity contribution is -0.115. The minimum atomic E-state index is -0.366. The van der Waals surface area contributed by atoms with Gasteiger partial charge in [0.15, 0.2) is 11.5 Å². The number of carbonyl (C=O) groups excluding carboxylic acids is 2. The van der Waals surface area contributed by atoms with Crippen LogP contribution in [0.4, 0.5) is 4.79 Å². The maximum Gasteiger partial charge on any atom is 0.290 e. The van der Waals surface area contributed by atoms with Crippen molar-refractivity contribution in [3.05, 3.63) is 26.2 Å². The summed E-state index contributed by atoms with van der Waals surface area (Å²) in [7, 11) is 0. The van der Waals surface area contributed by atoms with Crippen LogP contribution in [0.15, 0.2) is 17.0 Å². The number of hydrogen-bond donors (Lipinski definition) is 1. The highest BCUT2D eigenvalue weighted by Gasteiger charge is 2.25. The second-order valence-corrected chi connectivity index (χ2v) is 6.64. The molecule has 1 saturated heterocycles. The topological polar surface area (TPSA) is 64.6 Å². The molecule has 1 fully saturated rings. The first-order valence-corrected chi connectivity index (χ1v) is 8.78. The third kappa shape index (κ3) is 4.16. The van der Waals surface area contributed by atoms with Crippen LogP contribution in [0, 0.1) is 3.57 Å². The summed E-state index contributed by atoms with van der Waals surface area (Å²) in [4.78, 5) is 23.2. The molecule has 22 heavy (non-hydrogen) atoms. The Kier molecular flexibility index (Phi) is 6.13. The minimum Gasteiger partial charge on any atom is -0.490 e. The normalized spacial score (nSPS) is 16.0. The average molecular weight is 433 g/mol. The number of thioether (sulfide) groups is 1. The fraction of sp³-hybridized carbons (Fsp3) is 0.333. The maximum atomic E-state index is 11.6. The van der Waals surface area contributed by atoms with Crippen LogP contribution in [-0.4, -0.2) is 24.4 Å². The van der Waals surface area contributed by atoms with E-state index in [0.29, 0.717) is 29.6 Å². The predicted molar refractivity (Wildman–Crippen MR) is 95.2 cm³/mol. The van der Waals surface area contributed by atoms with E-state index in [0.717, 1.165) is 27.3 Å². The number of carbonyl (C=O) groups is 2. The molecule has 1 heterocycles. The molecule has 0 aromatic heterocycles. The van der Waals surface area contributed by atoms with E-state index in [9.17, 15) is 9.59 Å². The van der Waals surface area contributed by atoms with Crippen LogP contribution >= 0.6 is 34.4 Å². The summed E-state index contributed by atoms with van der Waals surface area (Å²) in [6, 6.07) is 3.72. The first-order valence-electron chi connectivity index (χ1n) is 6.89. The Balaban J connectivity index is 2.35. The second-order valence-electron chi connectivity index (χ2n) is 4.46. The fourth-order valence-corrected chi connectivity index (χ4v) is 3.31. The van der Waals surface area contributed by atoms with Crippen LogP contribution < -0.4 is 14.8 Å². The molecule has 0 bridgehead atoms. The number of benzene rings is 1. The third-order valence-electron chi connectivity index (χ3n) is 2.72. The van der Waals surface area contributed by atoms with Gasteiger partial charge in [-0.1, -0.05) is 6.92 Å². The van der Waals surface area contributed by atoms with E-state index in [4.69, 9.17) is 9.47 Å². The molecular formula is C15H16INO4S. The van der Waals surface area contributed by atoms with Gasteiger partial charge in [-0.05, 0) is 71.5 Å². The zero-order chi connectivity index (χ0) is 16.1. The van der Waals surface area contributed by atoms with Crippen LogP contribution in [0.25, 0.3) is 6.08 Å². The molecule has 0 spiro atoms. The number of nitrogens with one attached hydrogen (secondary N) is 1. The molecule has 1 aliphatic rings. The zero-order valence-electron chi connectivity index (χ0n) is 12.3. The van der Waals surface area contributed by atoms with Gasteiger partial charge in [0.25, 0.3) is 11.1 Å². The third-order valence-corrected chi connectivity index (χ3v) is 4.33. The summed E-state index contributed by atoms with van der Waals surface area (Å²) in [5.41, 5.74) is 0.795. The van der Waals surface area contributed by atoms with E-state index < -0.39 is 0 Å². The molecule has 0 aliphatic carbocycles. The molecule has 7 heteroatoms. The molecule has 0 unspecified atom stereocenters. The first kappa shape index (κ1) is 17.1. The Bertz CT molecular complexity index is 630. The summed E-state index contributed by atoms with van der Waals surface area (Å²) in [5, 5.41) is 1.89. The van der Waals surface area contributed by atoms with Gasteiger partial charge < -0.3 is 9.47 Å². The van der Waals surface area contributed by atoms with Gasteiger partial charge in [-0.2, -0.15) is 0 Å². The lowest BCUT2D eigenvalue weighted by Gasteiger charge is -2.14. The quantitative estimate of drug-likeness (QED) is 0.546. The Hall–Kier alpha value is -1.22. The zero-order valence-corrected chi connectivity index (χ0v) is 15.2. The molecule has 0 saturated carbocycles. The number of halogens is 1. The Morgan fingerprint density at radius 3 is 2.64 bits per heavy atom. The summed E-state index contributed by atoms with van der Waals surface area (Å²) < 4.78 is 12.3. The van der Waals surface area contributed by atoms with Crippen LogP contribution in [-0.2, 0) is 4.79 Å². The largest absolute Gasteiger partial charge is 0.490 e. The summed E-state index contributed by atoms with van der Waals surface area (Å²) >= 11 is 3.08. The van der Waals surface area contributed by atoms with E-state index in [-0.39, 0.29) is 11.1 Å². The van der Waals surface area contributed by atoms with Crippen molar-refractivity contribution in [2.24, 2.45) is 0 Å². The highest BCUT2D eigenvalue weighted by atomic mass is 127. The van der Waals surface area contributed by atoms with Crippen LogP contribution in [0.2, 0.25) is 0 Å². The molecule has 1 aromatic carbocycles.